The Labute approximate surface area is 219 Å². The highest BCUT2D eigenvalue weighted by Gasteiger charge is 2.25. The summed E-state index contributed by atoms with van der Waals surface area (Å²) in [5, 5.41) is 16.1. The summed E-state index contributed by atoms with van der Waals surface area (Å²) in [6, 6.07) is 32.0. The van der Waals surface area contributed by atoms with Gasteiger partial charge in [-0.15, -0.1) is 0 Å². The van der Waals surface area contributed by atoms with Crippen molar-refractivity contribution >= 4 is 27.7 Å². The van der Waals surface area contributed by atoms with E-state index >= 15 is 0 Å². The number of fused-ring (bicyclic) bond motifs is 3. The van der Waals surface area contributed by atoms with Crippen LogP contribution in [-0.4, -0.2) is 15.6 Å². The zero-order chi connectivity index (χ0) is 26.4. The van der Waals surface area contributed by atoms with Crippen molar-refractivity contribution in [3.05, 3.63) is 125 Å². The Hall–Kier alpha value is -5.15. The predicted molar refractivity (Wildman–Crippen MR) is 148 cm³/mol. The minimum absolute atomic E-state index is 0.230. The van der Waals surface area contributed by atoms with Gasteiger partial charge in [-0.2, -0.15) is 5.26 Å². The number of amides is 1. The second-order valence-corrected chi connectivity index (χ2v) is 9.42. The molecule has 4 aromatic carbocycles. The van der Waals surface area contributed by atoms with Crippen LogP contribution >= 0.6 is 0 Å². The van der Waals surface area contributed by atoms with E-state index in [1.54, 1.807) is 6.07 Å². The quantitative estimate of drug-likeness (QED) is 0.288. The highest BCUT2D eigenvalue weighted by Crippen LogP contribution is 2.41. The molecule has 2 aromatic heterocycles. The van der Waals surface area contributed by atoms with Crippen LogP contribution in [0, 0.1) is 25.2 Å². The average molecular weight is 497 g/mol. The van der Waals surface area contributed by atoms with Crippen LogP contribution in [0.3, 0.4) is 0 Å². The molecule has 0 fully saturated rings. The maximum absolute atomic E-state index is 12.2. The van der Waals surface area contributed by atoms with Crippen LogP contribution in [0.1, 0.15) is 44.5 Å². The molecule has 2 N–H and O–H groups in total. The lowest BCUT2D eigenvalue weighted by Gasteiger charge is -2.23. The summed E-state index contributed by atoms with van der Waals surface area (Å²) in [7, 11) is 0. The normalized spacial score (nSPS) is 11.3. The van der Waals surface area contributed by atoms with E-state index in [2.05, 4.69) is 46.1 Å². The van der Waals surface area contributed by atoms with Gasteiger partial charge in [-0.05, 0) is 54.8 Å². The minimum Gasteiger partial charge on any atom is -0.366 e. The van der Waals surface area contributed by atoms with Crippen LogP contribution in [0.25, 0.3) is 32.9 Å². The smallest absolute Gasteiger partial charge is 0.248 e. The van der Waals surface area contributed by atoms with Gasteiger partial charge < -0.3 is 14.8 Å². The summed E-state index contributed by atoms with van der Waals surface area (Å²) in [5.41, 5.74) is 13.0. The zero-order valence-corrected chi connectivity index (χ0v) is 21.0. The molecule has 1 amide bonds. The molecule has 0 saturated heterocycles. The molecule has 0 unspecified atom stereocenters. The molecular formula is C32H24N4O2. The van der Waals surface area contributed by atoms with E-state index in [1.165, 1.54) is 0 Å². The van der Waals surface area contributed by atoms with E-state index in [4.69, 9.17) is 10.3 Å². The molecule has 0 atom stereocenters. The van der Waals surface area contributed by atoms with Gasteiger partial charge in [0.2, 0.25) is 5.91 Å². The minimum atomic E-state index is -0.503. The van der Waals surface area contributed by atoms with Crippen LogP contribution in [0.4, 0.5) is 0 Å². The van der Waals surface area contributed by atoms with E-state index in [9.17, 15) is 10.1 Å². The number of carbonyl (C=O) groups is 1. The van der Waals surface area contributed by atoms with E-state index < -0.39 is 5.91 Å². The van der Waals surface area contributed by atoms with Gasteiger partial charge in [0.15, 0.2) is 0 Å². The van der Waals surface area contributed by atoms with Crippen LogP contribution in [0.15, 0.2) is 95.5 Å². The van der Waals surface area contributed by atoms with Crippen molar-refractivity contribution in [3.8, 4) is 17.2 Å². The largest absolute Gasteiger partial charge is 0.366 e. The van der Waals surface area contributed by atoms with Gasteiger partial charge in [-0.3, -0.25) is 4.79 Å². The van der Waals surface area contributed by atoms with Crippen LogP contribution in [0.5, 0.6) is 0 Å². The van der Waals surface area contributed by atoms with Crippen molar-refractivity contribution < 1.29 is 9.32 Å². The van der Waals surface area contributed by atoms with Crippen molar-refractivity contribution in [1.29, 1.82) is 5.26 Å². The lowest BCUT2D eigenvalue weighted by atomic mass is 9.96. The standard InChI is InChI=1S/C32H24N4O2/c1-19-29(20(2)38-35-19)24-15-25(18-33)30-26-14-13-23(32(34)37)16-27(26)36(28(30)17-24)31(21-9-5-3-6-10-21)22-11-7-4-8-12-22/h3-17,31H,1-2H3,(H2,34,37). The van der Waals surface area contributed by atoms with Gasteiger partial charge in [-0.1, -0.05) is 71.9 Å². The molecule has 6 aromatic rings. The fourth-order valence-corrected chi connectivity index (χ4v) is 5.49. The number of hydrogen-bond donors (Lipinski definition) is 1. The van der Waals surface area contributed by atoms with Gasteiger partial charge in [0.25, 0.3) is 0 Å². The van der Waals surface area contributed by atoms with E-state index in [-0.39, 0.29) is 6.04 Å². The SMILES string of the molecule is Cc1noc(C)c1-c1cc(C#N)c2c3ccc(C(N)=O)cc3n(C(c3ccccc3)c3ccccc3)c2c1. The number of hydrogen-bond acceptors (Lipinski definition) is 4. The Bertz CT molecular complexity index is 1820. The molecule has 0 aliphatic carbocycles. The van der Waals surface area contributed by atoms with Gasteiger partial charge in [0.05, 0.1) is 34.4 Å². The molecule has 0 bridgehead atoms. The van der Waals surface area contributed by atoms with E-state index in [0.29, 0.717) is 16.9 Å². The third-order valence-corrected chi connectivity index (χ3v) is 7.12. The molecule has 2 heterocycles. The molecule has 0 spiro atoms. The molecule has 184 valence electrons. The van der Waals surface area contributed by atoms with Crippen molar-refractivity contribution in [2.75, 3.05) is 0 Å². The molecule has 0 saturated carbocycles. The van der Waals surface area contributed by atoms with Crippen LogP contribution < -0.4 is 5.73 Å². The molecule has 6 nitrogen and oxygen atoms in total. The fraction of sp³-hybridized carbons (Fsp3) is 0.0938. The zero-order valence-electron chi connectivity index (χ0n) is 21.0. The van der Waals surface area contributed by atoms with Gasteiger partial charge >= 0.3 is 0 Å². The number of nitrogens with zero attached hydrogens (tertiary/aromatic N) is 3. The second kappa shape index (κ2) is 9.06. The number of nitrogens with two attached hydrogens (primary N) is 1. The summed E-state index contributed by atoms with van der Waals surface area (Å²) in [6.07, 6.45) is 0. The average Bonchev–Trinajstić information content (AvgIpc) is 3.45. The van der Waals surface area contributed by atoms with Gasteiger partial charge in [0, 0.05) is 21.9 Å². The molecule has 0 aliphatic heterocycles. The number of nitriles is 1. The van der Waals surface area contributed by atoms with Crippen LogP contribution in [0.2, 0.25) is 0 Å². The molecule has 0 radical (unpaired) electrons. The molecule has 0 aliphatic rings. The number of carbonyl (C=O) groups excluding carboxylic acids is 1. The van der Waals surface area contributed by atoms with E-state index in [1.807, 2.05) is 68.4 Å². The maximum Gasteiger partial charge on any atom is 0.248 e. The summed E-state index contributed by atoms with van der Waals surface area (Å²) in [5.74, 6) is 0.184. The number of primary amides is 1. The highest BCUT2D eigenvalue weighted by molar-refractivity contribution is 6.13. The number of rotatable bonds is 5. The first-order chi connectivity index (χ1) is 18.5. The lowest BCUT2D eigenvalue weighted by molar-refractivity contribution is 0.100. The van der Waals surface area contributed by atoms with Gasteiger partial charge in [-0.25, -0.2) is 0 Å². The first kappa shape index (κ1) is 23.3. The number of aromatic nitrogens is 2. The van der Waals surface area contributed by atoms with Gasteiger partial charge in [0.1, 0.15) is 5.76 Å². The molecule has 6 heteroatoms. The first-order valence-electron chi connectivity index (χ1n) is 12.3. The summed E-state index contributed by atoms with van der Waals surface area (Å²) >= 11 is 0. The Kier molecular flexibility index (Phi) is 5.54. The third-order valence-electron chi connectivity index (χ3n) is 7.12. The number of benzene rings is 4. The van der Waals surface area contributed by atoms with Crippen molar-refractivity contribution in [3.63, 3.8) is 0 Å². The summed E-state index contributed by atoms with van der Waals surface area (Å²) < 4.78 is 7.67. The van der Waals surface area contributed by atoms with E-state index in [0.717, 1.165) is 49.8 Å². The maximum atomic E-state index is 12.2. The monoisotopic (exact) mass is 496 g/mol. The first-order valence-corrected chi connectivity index (χ1v) is 12.3. The predicted octanol–water partition coefficient (Wildman–Crippen LogP) is 6.67. The second-order valence-electron chi connectivity index (χ2n) is 9.42. The Morgan fingerprint density at radius 2 is 1.58 bits per heavy atom. The molecule has 6 rings (SSSR count). The molecular weight excluding hydrogens is 472 g/mol. The lowest BCUT2D eigenvalue weighted by Crippen LogP contribution is -2.14. The Morgan fingerprint density at radius 1 is 0.921 bits per heavy atom. The summed E-state index contributed by atoms with van der Waals surface area (Å²) in [6.45, 7) is 3.77. The Morgan fingerprint density at radius 3 is 2.13 bits per heavy atom. The van der Waals surface area contributed by atoms with Crippen molar-refractivity contribution in [1.82, 2.24) is 9.72 Å². The van der Waals surface area contributed by atoms with Crippen LogP contribution in [-0.2, 0) is 0 Å². The fourth-order valence-electron chi connectivity index (χ4n) is 5.49. The van der Waals surface area contributed by atoms with Crippen molar-refractivity contribution in [2.45, 2.75) is 19.9 Å². The molecule has 38 heavy (non-hydrogen) atoms. The highest BCUT2D eigenvalue weighted by atomic mass is 16.5. The number of aryl methyl sites for hydroxylation is 2. The Balaban J connectivity index is 1.81. The third kappa shape index (κ3) is 3.64. The summed E-state index contributed by atoms with van der Waals surface area (Å²) in [4.78, 5) is 12.2. The van der Waals surface area contributed by atoms with Crippen molar-refractivity contribution in [2.24, 2.45) is 5.73 Å². The topological polar surface area (TPSA) is 97.8 Å².